The molecule has 1 aromatic heterocycles. The molecule has 2 amide bonds. The summed E-state index contributed by atoms with van der Waals surface area (Å²) in [7, 11) is -3.77. The number of carbonyl (C=O) groups excluding carboxylic acids is 2. The fourth-order valence-electron chi connectivity index (χ4n) is 2.80. The molecule has 154 valence electrons. The molecule has 0 radical (unpaired) electrons. The van der Waals surface area contributed by atoms with Crippen molar-refractivity contribution in [2.24, 2.45) is 0 Å². The third-order valence-electron chi connectivity index (χ3n) is 4.37. The van der Waals surface area contributed by atoms with E-state index in [2.05, 4.69) is 15.6 Å². The lowest BCUT2D eigenvalue weighted by Crippen LogP contribution is -2.47. The molecule has 2 heterocycles. The van der Waals surface area contributed by atoms with Crippen LogP contribution in [0.1, 0.15) is 11.3 Å². The van der Waals surface area contributed by atoms with Crippen LogP contribution in [0.15, 0.2) is 53.6 Å². The third-order valence-corrected chi connectivity index (χ3v) is 6.27. The molecule has 0 bridgehead atoms. The van der Waals surface area contributed by atoms with Crippen molar-refractivity contribution in [2.75, 3.05) is 19.7 Å². The number of pyridine rings is 1. The number of aryl methyl sites for hydroxylation is 1. The zero-order valence-corrected chi connectivity index (χ0v) is 16.7. The molecule has 3 rings (SSSR count). The maximum atomic E-state index is 12.8. The number of hydrogen-bond acceptors (Lipinski definition) is 6. The van der Waals surface area contributed by atoms with Gasteiger partial charge in [0.2, 0.25) is 10.0 Å². The maximum absolute atomic E-state index is 12.8. The van der Waals surface area contributed by atoms with E-state index in [-0.39, 0.29) is 31.1 Å². The van der Waals surface area contributed by atoms with Crippen molar-refractivity contribution in [3.63, 3.8) is 0 Å². The predicted octanol–water partition coefficient (Wildman–Crippen LogP) is 0.170. The maximum Gasteiger partial charge on any atom is 0.309 e. The van der Waals surface area contributed by atoms with E-state index in [0.29, 0.717) is 5.69 Å². The average molecular weight is 418 g/mol. The van der Waals surface area contributed by atoms with E-state index in [9.17, 15) is 18.0 Å². The Kier molecular flexibility index (Phi) is 6.57. The van der Waals surface area contributed by atoms with Crippen LogP contribution in [0.2, 0.25) is 0 Å². The van der Waals surface area contributed by atoms with E-state index < -0.39 is 28.1 Å². The molecule has 0 spiro atoms. The van der Waals surface area contributed by atoms with Crippen molar-refractivity contribution >= 4 is 21.8 Å². The van der Waals surface area contributed by atoms with Gasteiger partial charge in [0, 0.05) is 12.7 Å². The van der Waals surface area contributed by atoms with Gasteiger partial charge in [-0.25, -0.2) is 8.42 Å². The van der Waals surface area contributed by atoms with Gasteiger partial charge in [0.05, 0.1) is 30.3 Å². The minimum atomic E-state index is -3.77. The summed E-state index contributed by atoms with van der Waals surface area (Å²) in [5.41, 5.74) is 1.56. The highest BCUT2D eigenvalue weighted by Crippen LogP contribution is 2.22. The van der Waals surface area contributed by atoms with Gasteiger partial charge in [-0.1, -0.05) is 23.8 Å². The van der Waals surface area contributed by atoms with Crippen LogP contribution in [0, 0.1) is 6.92 Å². The minimum Gasteiger partial charge on any atom is -0.359 e. The van der Waals surface area contributed by atoms with Crippen molar-refractivity contribution in [2.45, 2.75) is 24.6 Å². The smallest absolute Gasteiger partial charge is 0.309 e. The molecule has 10 heteroatoms. The quantitative estimate of drug-likeness (QED) is 0.646. The number of ether oxygens (including phenoxy) is 1. The second-order valence-corrected chi connectivity index (χ2v) is 8.36. The van der Waals surface area contributed by atoms with Crippen LogP contribution < -0.4 is 10.6 Å². The van der Waals surface area contributed by atoms with E-state index in [1.165, 1.54) is 16.4 Å². The lowest BCUT2D eigenvalue weighted by atomic mass is 10.2. The van der Waals surface area contributed by atoms with Gasteiger partial charge < -0.3 is 15.4 Å². The molecule has 1 atom stereocenters. The first-order valence-electron chi connectivity index (χ1n) is 9.04. The van der Waals surface area contributed by atoms with Crippen LogP contribution in [0.5, 0.6) is 0 Å². The zero-order chi connectivity index (χ0) is 20.9. The van der Waals surface area contributed by atoms with Gasteiger partial charge >= 0.3 is 11.8 Å². The molecule has 2 aromatic rings. The van der Waals surface area contributed by atoms with Gasteiger partial charge in [-0.2, -0.15) is 4.31 Å². The SMILES string of the molecule is Cc1ccc(S(=O)(=O)N2CCO[C@H]2CNC(=O)C(=O)NCc2ccccn2)cc1. The first-order chi connectivity index (χ1) is 13.9. The van der Waals surface area contributed by atoms with Gasteiger partial charge in [-0.05, 0) is 31.2 Å². The number of nitrogens with zero attached hydrogens (tertiary/aromatic N) is 2. The molecule has 0 aliphatic carbocycles. The summed E-state index contributed by atoms with van der Waals surface area (Å²) >= 11 is 0. The summed E-state index contributed by atoms with van der Waals surface area (Å²) in [5, 5.41) is 4.88. The van der Waals surface area contributed by atoms with Crippen LogP contribution in [-0.2, 0) is 30.9 Å². The molecule has 0 saturated carbocycles. The number of amides is 2. The summed E-state index contributed by atoms with van der Waals surface area (Å²) in [4.78, 5) is 28.1. The van der Waals surface area contributed by atoms with E-state index in [1.807, 2.05) is 6.92 Å². The van der Waals surface area contributed by atoms with Crippen LogP contribution in [-0.4, -0.2) is 55.4 Å². The average Bonchev–Trinajstić information content (AvgIpc) is 3.21. The number of aromatic nitrogens is 1. The standard InChI is InChI=1S/C19H22N4O5S/c1-14-5-7-16(8-6-14)29(26,27)23-10-11-28-17(23)13-22-19(25)18(24)21-12-15-4-2-3-9-20-15/h2-9,17H,10-13H2,1H3,(H,21,24)(H,22,25)/t17-/m0/s1. The second-order valence-electron chi connectivity index (χ2n) is 6.47. The first-order valence-corrected chi connectivity index (χ1v) is 10.5. The summed E-state index contributed by atoms with van der Waals surface area (Å²) in [6.07, 6.45) is 0.705. The van der Waals surface area contributed by atoms with Gasteiger partial charge in [0.1, 0.15) is 6.23 Å². The normalized spacial score (nSPS) is 17.1. The Labute approximate surface area is 169 Å². The molecule has 9 nitrogen and oxygen atoms in total. The Morgan fingerprint density at radius 3 is 2.55 bits per heavy atom. The van der Waals surface area contributed by atoms with Crippen molar-refractivity contribution < 1.29 is 22.7 Å². The molecule has 0 unspecified atom stereocenters. The van der Waals surface area contributed by atoms with Gasteiger partial charge in [0.25, 0.3) is 0 Å². The molecule has 1 aromatic carbocycles. The molecule has 1 saturated heterocycles. The Morgan fingerprint density at radius 2 is 1.86 bits per heavy atom. The second kappa shape index (κ2) is 9.12. The van der Waals surface area contributed by atoms with Crippen molar-refractivity contribution in [1.82, 2.24) is 19.9 Å². The molecule has 1 aliphatic heterocycles. The number of rotatable bonds is 6. The highest BCUT2D eigenvalue weighted by atomic mass is 32.2. The van der Waals surface area contributed by atoms with Gasteiger partial charge in [-0.15, -0.1) is 0 Å². The van der Waals surface area contributed by atoms with Gasteiger partial charge in [-0.3, -0.25) is 14.6 Å². The molecule has 2 N–H and O–H groups in total. The van der Waals surface area contributed by atoms with E-state index in [1.54, 1.807) is 36.5 Å². The Morgan fingerprint density at radius 1 is 1.14 bits per heavy atom. The lowest BCUT2D eigenvalue weighted by Gasteiger charge is -2.22. The number of nitrogens with one attached hydrogen (secondary N) is 2. The molecular formula is C19H22N4O5S. The molecule has 1 aliphatic rings. The summed E-state index contributed by atoms with van der Waals surface area (Å²) in [6, 6.07) is 11.7. The third kappa shape index (κ3) is 5.17. The Balaban J connectivity index is 1.55. The van der Waals surface area contributed by atoms with Crippen LogP contribution in [0.3, 0.4) is 0 Å². The fourth-order valence-corrected chi connectivity index (χ4v) is 4.31. The molecule has 29 heavy (non-hydrogen) atoms. The van der Waals surface area contributed by atoms with Crippen LogP contribution >= 0.6 is 0 Å². The zero-order valence-electron chi connectivity index (χ0n) is 15.9. The Bertz CT molecular complexity index is 964. The first kappa shape index (κ1) is 20.9. The number of carbonyl (C=O) groups is 2. The number of hydrogen-bond donors (Lipinski definition) is 2. The van der Waals surface area contributed by atoms with Crippen molar-refractivity contribution in [3.8, 4) is 0 Å². The summed E-state index contributed by atoms with van der Waals surface area (Å²) in [5.74, 6) is -1.70. The highest BCUT2D eigenvalue weighted by molar-refractivity contribution is 7.89. The predicted molar refractivity (Wildman–Crippen MR) is 104 cm³/mol. The van der Waals surface area contributed by atoms with E-state index in [4.69, 9.17) is 4.74 Å². The monoisotopic (exact) mass is 418 g/mol. The number of sulfonamides is 1. The molecular weight excluding hydrogens is 396 g/mol. The summed E-state index contributed by atoms with van der Waals surface area (Å²) in [6.45, 7) is 2.22. The lowest BCUT2D eigenvalue weighted by molar-refractivity contribution is -0.139. The van der Waals surface area contributed by atoms with E-state index in [0.717, 1.165) is 5.56 Å². The summed E-state index contributed by atoms with van der Waals surface area (Å²) < 4.78 is 32.3. The largest absolute Gasteiger partial charge is 0.359 e. The van der Waals surface area contributed by atoms with Crippen LogP contribution in [0.25, 0.3) is 0 Å². The minimum absolute atomic E-state index is 0.112. The molecule has 1 fully saturated rings. The topological polar surface area (TPSA) is 118 Å². The van der Waals surface area contributed by atoms with Crippen LogP contribution in [0.4, 0.5) is 0 Å². The highest BCUT2D eigenvalue weighted by Gasteiger charge is 2.36. The van der Waals surface area contributed by atoms with E-state index >= 15 is 0 Å². The van der Waals surface area contributed by atoms with Gasteiger partial charge in [0.15, 0.2) is 0 Å². The Hall–Kier alpha value is -2.82. The number of benzene rings is 1. The van der Waals surface area contributed by atoms with Crippen molar-refractivity contribution in [3.05, 3.63) is 59.9 Å². The fraction of sp³-hybridized carbons (Fsp3) is 0.316. The van der Waals surface area contributed by atoms with Crippen molar-refractivity contribution in [1.29, 1.82) is 0 Å².